The molecule has 0 amide bonds. The molecule has 1 aliphatic carbocycles. The molecule has 3 heteroatoms. The highest BCUT2D eigenvalue weighted by atomic mass is 16.4. The van der Waals surface area contributed by atoms with Gasteiger partial charge in [0.05, 0.1) is 5.92 Å². The maximum Gasteiger partial charge on any atom is 0.306 e. The molecule has 0 radical (unpaired) electrons. The van der Waals surface area contributed by atoms with E-state index in [2.05, 4.69) is 18.9 Å². The number of carbonyl (C=O) groups is 1. The highest BCUT2D eigenvalue weighted by molar-refractivity contribution is 5.71. The van der Waals surface area contributed by atoms with E-state index in [9.17, 15) is 4.79 Å². The Morgan fingerprint density at radius 3 is 2.57 bits per heavy atom. The van der Waals surface area contributed by atoms with Crippen LogP contribution >= 0.6 is 0 Å². The smallest absolute Gasteiger partial charge is 0.306 e. The average Bonchev–Trinajstić information content (AvgIpc) is 2.01. The number of aliphatic carboxylic acids is 1. The molecule has 0 heterocycles. The van der Waals surface area contributed by atoms with E-state index in [1.807, 2.05) is 0 Å². The molecule has 0 aromatic rings. The topological polar surface area (TPSA) is 40.5 Å². The van der Waals surface area contributed by atoms with Crippen molar-refractivity contribution in [2.24, 2.45) is 5.92 Å². The van der Waals surface area contributed by atoms with Crippen molar-refractivity contribution in [3.05, 3.63) is 0 Å². The van der Waals surface area contributed by atoms with Crippen molar-refractivity contribution in [3.63, 3.8) is 0 Å². The lowest BCUT2D eigenvalue weighted by atomic mass is 9.79. The van der Waals surface area contributed by atoms with Crippen molar-refractivity contribution < 1.29 is 9.90 Å². The third-order valence-corrected chi connectivity index (χ3v) is 3.20. The summed E-state index contributed by atoms with van der Waals surface area (Å²) >= 11 is 0. The van der Waals surface area contributed by atoms with Gasteiger partial charge in [0.2, 0.25) is 0 Å². The van der Waals surface area contributed by atoms with Gasteiger partial charge >= 0.3 is 5.97 Å². The summed E-state index contributed by atoms with van der Waals surface area (Å²) in [6.45, 7) is 3.31. The van der Waals surface area contributed by atoms with E-state index < -0.39 is 5.97 Å². The molecule has 0 aromatic heterocycles. The zero-order valence-electron chi connectivity index (χ0n) is 9.20. The zero-order chi connectivity index (χ0) is 10.6. The van der Waals surface area contributed by atoms with Crippen LogP contribution in [-0.2, 0) is 4.79 Å². The van der Waals surface area contributed by atoms with Gasteiger partial charge in [-0.2, -0.15) is 0 Å². The fourth-order valence-electron chi connectivity index (χ4n) is 1.94. The van der Waals surface area contributed by atoms with E-state index in [0.29, 0.717) is 6.04 Å². The first-order valence-electron chi connectivity index (χ1n) is 5.58. The van der Waals surface area contributed by atoms with Crippen molar-refractivity contribution in [2.75, 3.05) is 13.6 Å². The van der Waals surface area contributed by atoms with Crippen LogP contribution in [0.4, 0.5) is 0 Å². The molecule has 3 nitrogen and oxygen atoms in total. The molecule has 0 aliphatic heterocycles. The number of rotatable bonds is 6. The van der Waals surface area contributed by atoms with Crippen molar-refractivity contribution in [1.29, 1.82) is 0 Å². The predicted octanol–water partition coefficient (Wildman–Crippen LogP) is 1.97. The van der Waals surface area contributed by atoms with Crippen LogP contribution in [0.25, 0.3) is 0 Å². The van der Waals surface area contributed by atoms with Crippen LogP contribution < -0.4 is 0 Å². The number of carboxylic acid groups (broad SMARTS) is 1. The Kier molecular flexibility index (Phi) is 4.39. The quantitative estimate of drug-likeness (QED) is 0.665. The standard InChI is InChI=1S/C11H21NO2/c1-3-4-5-6-12(2)10-7-9(8-10)11(13)14/h9-10H,3-8H2,1-2H3,(H,13,14). The summed E-state index contributed by atoms with van der Waals surface area (Å²) in [6, 6.07) is 0.521. The monoisotopic (exact) mass is 199 g/mol. The van der Waals surface area contributed by atoms with Crippen molar-refractivity contribution in [1.82, 2.24) is 4.90 Å². The van der Waals surface area contributed by atoms with Gasteiger partial charge in [-0.15, -0.1) is 0 Å². The molecule has 0 spiro atoms. The molecule has 82 valence electrons. The number of unbranched alkanes of at least 4 members (excludes halogenated alkanes) is 2. The average molecular weight is 199 g/mol. The molecule has 14 heavy (non-hydrogen) atoms. The normalized spacial score (nSPS) is 26.2. The Labute approximate surface area is 86.1 Å². The Bertz CT molecular complexity index is 188. The number of hydrogen-bond acceptors (Lipinski definition) is 2. The maximum atomic E-state index is 10.6. The zero-order valence-corrected chi connectivity index (χ0v) is 9.20. The molecule has 0 bridgehead atoms. The van der Waals surface area contributed by atoms with Crippen LogP contribution in [0.2, 0.25) is 0 Å². The molecule has 0 unspecified atom stereocenters. The van der Waals surface area contributed by atoms with Gasteiger partial charge in [-0.1, -0.05) is 19.8 Å². The lowest BCUT2D eigenvalue weighted by Gasteiger charge is -2.39. The minimum atomic E-state index is -0.622. The van der Waals surface area contributed by atoms with E-state index in [1.54, 1.807) is 0 Å². The van der Waals surface area contributed by atoms with Gasteiger partial charge in [0, 0.05) is 6.04 Å². The third-order valence-electron chi connectivity index (χ3n) is 3.20. The lowest BCUT2D eigenvalue weighted by Crippen LogP contribution is -2.45. The maximum absolute atomic E-state index is 10.6. The third kappa shape index (κ3) is 2.98. The van der Waals surface area contributed by atoms with Crippen LogP contribution in [0.3, 0.4) is 0 Å². The fourth-order valence-corrected chi connectivity index (χ4v) is 1.94. The summed E-state index contributed by atoms with van der Waals surface area (Å²) in [6.07, 6.45) is 5.45. The number of nitrogens with zero attached hydrogens (tertiary/aromatic N) is 1. The van der Waals surface area contributed by atoms with Crippen LogP contribution in [0.1, 0.15) is 39.0 Å². The van der Waals surface area contributed by atoms with E-state index >= 15 is 0 Å². The molecule has 0 atom stereocenters. The fraction of sp³-hybridized carbons (Fsp3) is 0.909. The highest BCUT2D eigenvalue weighted by Gasteiger charge is 2.36. The second-order valence-corrected chi connectivity index (χ2v) is 4.35. The summed E-state index contributed by atoms with van der Waals surface area (Å²) in [4.78, 5) is 12.9. The summed E-state index contributed by atoms with van der Waals surface area (Å²) in [5.74, 6) is -0.697. The second-order valence-electron chi connectivity index (χ2n) is 4.35. The summed E-state index contributed by atoms with van der Waals surface area (Å²) in [5, 5.41) is 8.73. The van der Waals surface area contributed by atoms with E-state index in [4.69, 9.17) is 5.11 Å². The first kappa shape index (κ1) is 11.5. The summed E-state index contributed by atoms with van der Waals surface area (Å²) < 4.78 is 0. The van der Waals surface area contributed by atoms with E-state index in [-0.39, 0.29) is 5.92 Å². The van der Waals surface area contributed by atoms with Gasteiger partial charge in [0.1, 0.15) is 0 Å². The summed E-state index contributed by atoms with van der Waals surface area (Å²) in [7, 11) is 2.11. The van der Waals surface area contributed by atoms with Gasteiger partial charge < -0.3 is 10.0 Å². The highest BCUT2D eigenvalue weighted by Crippen LogP contribution is 2.31. The Balaban J connectivity index is 2.10. The first-order valence-corrected chi connectivity index (χ1v) is 5.58. The minimum Gasteiger partial charge on any atom is -0.481 e. The van der Waals surface area contributed by atoms with Crippen LogP contribution in [-0.4, -0.2) is 35.6 Å². The molecular weight excluding hydrogens is 178 g/mol. The predicted molar refractivity (Wildman–Crippen MR) is 56.3 cm³/mol. The Morgan fingerprint density at radius 1 is 1.43 bits per heavy atom. The number of hydrogen-bond donors (Lipinski definition) is 1. The number of carboxylic acids is 1. The first-order chi connectivity index (χ1) is 6.65. The molecule has 1 N–H and O–H groups in total. The van der Waals surface area contributed by atoms with Crippen molar-refractivity contribution >= 4 is 5.97 Å². The van der Waals surface area contributed by atoms with Crippen molar-refractivity contribution in [2.45, 2.75) is 45.1 Å². The van der Waals surface area contributed by atoms with Gasteiger partial charge in [-0.3, -0.25) is 4.79 Å². The molecular formula is C11H21NO2. The SMILES string of the molecule is CCCCCN(C)C1CC(C(=O)O)C1. The Morgan fingerprint density at radius 2 is 2.07 bits per heavy atom. The summed E-state index contributed by atoms with van der Waals surface area (Å²) in [5.41, 5.74) is 0. The largest absolute Gasteiger partial charge is 0.481 e. The van der Waals surface area contributed by atoms with Gasteiger partial charge in [0.25, 0.3) is 0 Å². The minimum absolute atomic E-state index is 0.0753. The van der Waals surface area contributed by atoms with Crippen LogP contribution in [0.5, 0.6) is 0 Å². The van der Waals surface area contributed by atoms with E-state index in [0.717, 1.165) is 19.4 Å². The van der Waals surface area contributed by atoms with Crippen LogP contribution in [0.15, 0.2) is 0 Å². The second kappa shape index (κ2) is 5.35. The van der Waals surface area contributed by atoms with Gasteiger partial charge in [-0.05, 0) is 32.9 Å². The molecule has 1 fully saturated rings. The van der Waals surface area contributed by atoms with Gasteiger partial charge in [-0.25, -0.2) is 0 Å². The molecule has 1 aliphatic rings. The molecule has 1 saturated carbocycles. The van der Waals surface area contributed by atoms with Crippen LogP contribution in [0, 0.1) is 5.92 Å². The molecule has 0 saturated heterocycles. The van der Waals surface area contributed by atoms with E-state index in [1.165, 1.54) is 19.3 Å². The molecule has 1 rings (SSSR count). The lowest BCUT2D eigenvalue weighted by molar-refractivity contribution is -0.146. The van der Waals surface area contributed by atoms with Gasteiger partial charge in [0.15, 0.2) is 0 Å². The Hall–Kier alpha value is -0.570. The molecule has 0 aromatic carbocycles. The van der Waals surface area contributed by atoms with Crippen molar-refractivity contribution in [3.8, 4) is 0 Å².